The first-order valence-corrected chi connectivity index (χ1v) is 7.27. The van der Waals surface area contributed by atoms with Crippen LogP contribution in [0.25, 0.3) is 22.4 Å². The lowest BCUT2D eigenvalue weighted by Gasteiger charge is -2.07. The minimum Gasteiger partial charge on any atom is -0.321 e. The smallest absolute Gasteiger partial charge is 0.141 e. The molecule has 0 spiro atoms. The molecule has 0 radical (unpaired) electrons. The Hall–Kier alpha value is -1.58. The maximum atomic E-state index is 6.16. The predicted octanol–water partition coefficient (Wildman–Crippen LogP) is 4.74. The highest BCUT2D eigenvalue weighted by atomic mass is 35.5. The highest BCUT2D eigenvalue weighted by Gasteiger charge is 2.29. The molecule has 0 bridgehead atoms. The molecule has 1 aliphatic rings. The van der Waals surface area contributed by atoms with E-state index in [-0.39, 0.29) is 0 Å². The molecule has 1 saturated carbocycles. The molecular weight excluding hydrogens is 293 g/mol. The van der Waals surface area contributed by atoms with Gasteiger partial charge >= 0.3 is 0 Å². The van der Waals surface area contributed by atoms with Crippen LogP contribution in [0.15, 0.2) is 36.7 Å². The van der Waals surface area contributed by atoms with Gasteiger partial charge in [-0.2, -0.15) is 0 Å². The van der Waals surface area contributed by atoms with E-state index in [2.05, 4.69) is 9.55 Å². The summed E-state index contributed by atoms with van der Waals surface area (Å²) in [4.78, 5) is 8.80. The van der Waals surface area contributed by atoms with Crippen molar-refractivity contribution < 1.29 is 0 Å². The molecule has 3 nitrogen and oxygen atoms in total. The second kappa shape index (κ2) is 4.47. The van der Waals surface area contributed by atoms with Crippen LogP contribution in [0.1, 0.15) is 18.9 Å². The molecule has 20 heavy (non-hydrogen) atoms. The summed E-state index contributed by atoms with van der Waals surface area (Å²) in [5, 5.41) is 1.11. The average molecular weight is 304 g/mol. The molecule has 0 saturated heterocycles. The molecule has 0 N–H and O–H groups in total. The van der Waals surface area contributed by atoms with Crippen LogP contribution in [0.2, 0.25) is 10.0 Å². The number of halogens is 2. The molecule has 4 rings (SSSR count). The van der Waals surface area contributed by atoms with Gasteiger partial charge in [0.15, 0.2) is 0 Å². The summed E-state index contributed by atoms with van der Waals surface area (Å²) < 4.78 is 2.27. The third-order valence-electron chi connectivity index (χ3n) is 3.58. The first-order chi connectivity index (χ1) is 9.74. The standard InChI is InChI=1S/C15H11Cl2N3/c16-11-7-13-14(8-12(11)17)20(10-1-2-10)15(19-13)9-3-5-18-6-4-9/h3-8,10H,1-2H2. The van der Waals surface area contributed by atoms with Crippen LogP contribution in [0.3, 0.4) is 0 Å². The fourth-order valence-electron chi connectivity index (χ4n) is 2.50. The summed E-state index contributed by atoms with van der Waals surface area (Å²) in [6.45, 7) is 0. The van der Waals surface area contributed by atoms with Crippen LogP contribution >= 0.6 is 23.2 Å². The number of fused-ring (bicyclic) bond motifs is 1. The van der Waals surface area contributed by atoms with E-state index < -0.39 is 0 Å². The second-order valence-corrected chi connectivity index (χ2v) is 5.84. The van der Waals surface area contributed by atoms with E-state index >= 15 is 0 Å². The van der Waals surface area contributed by atoms with E-state index in [1.165, 1.54) is 12.8 Å². The van der Waals surface area contributed by atoms with Gasteiger partial charge in [-0.25, -0.2) is 4.98 Å². The van der Waals surface area contributed by atoms with Crippen LogP contribution in [-0.2, 0) is 0 Å². The van der Waals surface area contributed by atoms with Gasteiger partial charge < -0.3 is 4.57 Å². The largest absolute Gasteiger partial charge is 0.321 e. The molecule has 1 aliphatic carbocycles. The van der Waals surface area contributed by atoms with Crippen molar-refractivity contribution in [2.45, 2.75) is 18.9 Å². The predicted molar refractivity (Wildman–Crippen MR) is 81.3 cm³/mol. The summed E-state index contributed by atoms with van der Waals surface area (Å²) in [5.74, 6) is 0.961. The number of aromatic nitrogens is 3. The van der Waals surface area contributed by atoms with Crippen molar-refractivity contribution in [1.29, 1.82) is 0 Å². The van der Waals surface area contributed by atoms with Crippen molar-refractivity contribution in [1.82, 2.24) is 14.5 Å². The summed E-state index contributed by atoms with van der Waals surface area (Å²) in [6.07, 6.45) is 5.94. The lowest BCUT2D eigenvalue weighted by molar-refractivity contribution is 0.775. The van der Waals surface area contributed by atoms with Gasteiger partial charge in [0.05, 0.1) is 21.1 Å². The first-order valence-electron chi connectivity index (χ1n) is 6.51. The Morgan fingerprint density at radius 2 is 1.75 bits per heavy atom. The molecule has 100 valence electrons. The van der Waals surface area contributed by atoms with Gasteiger partial charge in [0.1, 0.15) is 5.82 Å². The summed E-state index contributed by atoms with van der Waals surface area (Å²) in [7, 11) is 0. The second-order valence-electron chi connectivity index (χ2n) is 5.03. The lowest BCUT2D eigenvalue weighted by Crippen LogP contribution is -1.97. The minimum absolute atomic E-state index is 0.514. The molecule has 2 heterocycles. The van der Waals surface area contributed by atoms with Gasteiger partial charge in [-0.3, -0.25) is 4.98 Å². The van der Waals surface area contributed by atoms with Crippen molar-refractivity contribution in [3.05, 3.63) is 46.7 Å². The van der Waals surface area contributed by atoms with Gasteiger partial charge in [0.25, 0.3) is 0 Å². The maximum Gasteiger partial charge on any atom is 0.141 e. The third-order valence-corrected chi connectivity index (χ3v) is 4.30. The van der Waals surface area contributed by atoms with Crippen LogP contribution in [0.5, 0.6) is 0 Å². The number of pyridine rings is 1. The molecule has 1 aromatic carbocycles. The van der Waals surface area contributed by atoms with Crippen molar-refractivity contribution in [3.63, 3.8) is 0 Å². The van der Waals surface area contributed by atoms with Gasteiger partial charge in [-0.1, -0.05) is 23.2 Å². The molecule has 1 fully saturated rings. The number of benzene rings is 1. The van der Waals surface area contributed by atoms with Crippen molar-refractivity contribution in [3.8, 4) is 11.4 Å². The molecular formula is C15H11Cl2N3. The molecule has 0 unspecified atom stereocenters. The average Bonchev–Trinajstić information content (AvgIpc) is 3.23. The van der Waals surface area contributed by atoms with E-state index in [1.54, 1.807) is 12.4 Å². The highest BCUT2D eigenvalue weighted by molar-refractivity contribution is 6.42. The van der Waals surface area contributed by atoms with Crippen molar-refractivity contribution >= 4 is 34.2 Å². The first kappa shape index (κ1) is 12.2. The van der Waals surface area contributed by atoms with Crippen LogP contribution < -0.4 is 0 Å². The van der Waals surface area contributed by atoms with E-state index in [9.17, 15) is 0 Å². The topological polar surface area (TPSA) is 30.7 Å². The zero-order chi connectivity index (χ0) is 13.7. The number of hydrogen-bond acceptors (Lipinski definition) is 2. The zero-order valence-electron chi connectivity index (χ0n) is 10.6. The molecule has 0 aliphatic heterocycles. The Kier molecular flexibility index (Phi) is 2.72. The quantitative estimate of drug-likeness (QED) is 0.684. The van der Waals surface area contributed by atoms with Crippen LogP contribution in [-0.4, -0.2) is 14.5 Å². The summed E-state index contributed by atoms with van der Waals surface area (Å²) in [5.41, 5.74) is 3.00. The monoisotopic (exact) mass is 303 g/mol. The maximum absolute atomic E-state index is 6.16. The Bertz CT molecular complexity index is 792. The van der Waals surface area contributed by atoms with Crippen molar-refractivity contribution in [2.24, 2.45) is 0 Å². The van der Waals surface area contributed by atoms with Gasteiger partial charge in [-0.05, 0) is 37.1 Å². The van der Waals surface area contributed by atoms with Crippen LogP contribution in [0.4, 0.5) is 0 Å². The van der Waals surface area contributed by atoms with Gasteiger partial charge in [0, 0.05) is 24.0 Å². The number of rotatable bonds is 2. The third kappa shape index (κ3) is 1.89. The molecule has 2 aromatic heterocycles. The molecule has 3 aromatic rings. The number of imidazole rings is 1. The van der Waals surface area contributed by atoms with E-state index in [1.807, 2.05) is 24.3 Å². The Labute approximate surface area is 126 Å². The zero-order valence-corrected chi connectivity index (χ0v) is 12.1. The van der Waals surface area contributed by atoms with E-state index in [0.717, 1.165) is 22.4 Å². The summed E-state index contributed by atoms with van der Waals surface area (Å²) >= 11 is 12.3. The number of hydrogen-bond donors (Lipinski definition) is 0. The van der Waals surface area contributed by atoms with E-state index in [4.69, 9.17) is 28.2 Å². The lowest BCUT2D eigenvalue weighted by atomic mass is 10.2. The SMILES string of the molecule is Clc1cc2nc(-c3ccncc3)n(C3CC3)c2cc1Cl. The Morgan fingerprint density at radius 1 is 1.05 bits per heavy atom. The minimum atomic E-state index is 0.514. The fraction of sp³-hybridized carbons (Fsp3) is 0.200. The van der Waals surface area contributed by atoms with Gasteiger partial charge in [-0.15, -0.1) is 0 Å². The van der Waals surface area contributed by atoms with E-state index in [0.29, 0.717) is 16.1 Å². The van der Waals surface area contributed by atoms with Gasteiger partial charge in [0.2, 0.25) is 0 Å². The van der Waals surface area contributed by atoms with Crippen LogP contribution in [0, 0.1) is 0 Å². The number of nitrogens with zero attached hydrogens (tertiary/aromatic N) is 3. The summed E-state index contributed by atoms with van der Waals surface area (Å²) in [6, 6.07) is 8.21. The highest BCUT2D eigenvalue weighted by Crippen LogP contribution is 2.42. The van der Waals surface area contributed by atoms with Crippen molar-refractivity contribution in [2.75, 3.05) is 0 Å². The Morgan fingerprint density at radius 3 is 2.45 bits per heavy atom. The molecule has 0 atom stereocenters. The normalized spacial score (nSPS) is 14.9. The molecule has 0 amide bonds. The fourth-order valence-corrected chi connectivity index (χ4v) is 2.81. The molecule has 5 heteroatoms. The Balaban J connectivity index is 2.03.